The van der Waals surface area contributed by atoms with Crippen LogP contribution in [0.4, 0.5) is 11.4 Å². The predicted molar refractivity (Wildman–Crippen MR) is 115 cm³/mol. The molecule has 0 spiro atoms. The van der Waals surface area contributed by atoms with Gasteiger partial charge < -0.3 is 14.8 Å². The van der Waals surface area contributed by atoms with Crippen molar-refractivity contribution in [2.24, 2.45) is 0 Å². The Morgan fingerprint density at radius 2 is 1.81 bits per heavy atom. The molecule has 2 N–H and O–H groups in total. The van der Waals surface area contributed by atoms with Crippen LogP contribution in [0.5, 0.6) is 0 Å². The molecule has 0 saturated carbocycles. The van der Waals surface area contributed by atoms with Crippen LogP contribution >= 0.6 is 0 Å². The highest BCUT2D eigenvalue weighted by atomic mass is 32.2. The monoisotopic (exact) mass is 451 g/mol. The van der Waals surface area contributed by atoms with Crippen LogP contribution in [0.25, 0.3) is 0 Å². The summed E-state index contributed by atoms with van der Waals surface area (Å²) in [6.07, 6.45) is 0.649. The number of aryl methyl sites for hydroxylation is 1. The molecule has 31 heavy (non-hydrogen) atoms. The lowest BCUT2D eigenvalue weighted by Crippen LogP contribution is -2.25. The largest absolute Gasteiger partial charge is 0.382 e. The van der Waals surface area contributed by atoms with Crippen molar-refractivity contribution in [3.63, 3.8) is 0 Å². The molecule has 0 aromatic heterocycles. The van der Waals surface area contributed by atoms with Crippen LogP contribution in [0, 0.1) is 17.0 Å². The van der Waals surface area contributed by atoms with Gasteiger partial charge in [-0.2, -0.15) is 0 Å². The van der Waals surface area contributed by atoms with Gasteiger partial charge in [-0.3, -0.25) is 19.6 Å². The van der Waals surface area contributed by atoms with Crippen LogP contribution in [0.15, 0.2) is 47.4 Å². The first kappa shape index (κ1) is 24.3. The van der Waals surface area contributed by atoms with Gasteiger partial charge in [0.15, 0.2) is 0 Å². The number of carbonyl (C=O) groups is 1. The van der Waals surface area contributed by atoms with Gasteiger partial charge in [-0.15, -0.1) is 0 Å². The summed E-state index contributed by atoms with van der Waals surface area (Å²) < 4.78 is 37.6. The highest BCUT2D eigenvalue weighted by molar-refractivity contribution is 7.92. The highest BCUT2D eigenvalue weighted by Gasteiger charge is 2.20. The maximum absolute atomic E-state index is 12.5. The first-order chi connectivity index (χ1) is 14.7. The second kappa shape index (κ2) is 11.4. The Labute approximate surface area is 180 Å². The van der Waals surface area contributed by atoms with Gasteiger partial charge in [-0.05, 0) is 43.7 Å². The fourth-order valence-electron chi connectivity index (χ4n) is 2.58. The molecule has 0 aliphatic carbocycles. The van der Waals surface area contributed by atoms with E-state index in [9.17, 15) is 23.3 Å². The fourth-order valence-corrected chi connectivity index (χ4v) is 3.66. The van der Waals surface area contributed by atoms with Gasteiger partial charge in [-0.1, -0.05) is 6.07 Å². The van der Waals surface area contributed by atoms with E-state index in [1.807, 2.05) is 0 Å². The summed E-state index contributed by atoms with van der Waals surface area (Å²) in [6, 6.07) is 9.55. The molecule has 10 nitrogen and oxygen atoms in total. The molecule has 0 bridgehead atoms. The van der Waals surface area contributed by atoms with Crippen LogP contribution in [0.3, 0.4) is 0 Å². The summed E-state index contributed by atoms with van der Waals surface area (Å²) in [5, 5.41) is 13.8. The summed E-state index contributed by atoms with van der Waals surface area (Å²) in [7, 11) is -2.43. The van der Waals surface area contributed by atoms with Crippen molar-refractivity contribution >= 4 is 27.3 Å². The molecule has 2 aromatic rings. The van der Waals surface area contributed by atoms with E-state index in [0.29, 0.717) is 43.9 Å². The minimum Gasteiger partial charge on any atom is -0.382 e. The molecular weight excluding hydrogens is 426 g/mol. The van der Waals surface area contributed by atoms with Gasteiger partial charge in [-0.25, -0.2) is 8.42 Å². The summed E-state index contributed by atoms with van der Waals surface area (Å²) in [5.41, 5.74) is 0.681. The standard InChI is InChI=1S/C20H25N3O7S/c1-15-4-9-18(14-19(15)23(25)26)31(27,28)22-17-7-5-16(6-8-17)20(24)21-10-3-11-30-13-12-29-2/h4-9,14,22H,3,10-13H2,1-2H3,(H,21,24). The fraction of sp³-hybridized carbons (Fsp3) is 0.350. The molecule has 0 saturated heterocycles. The number of nitrogens with zero attached hydrogens (tertiary/aromatic N) is 1. The number of sulfonamides is 1. The Morgan fingerprint density at radius 3 is 2.45 bits per heavy atom. The molecule has 168 valence electrons. The number of nitrogens with one attached hydrogen (secondary N) is 2. The lowest BCUT2D eigenvalue weighted by molar-refractivity contribution is -0.385. The number of ether oxygens (including phenoxy) is 2. The number of hydrogen-bond donors (Lipinski definition) is 2. The number of nitro groups is 1. The second-order valence-electron chi connectivity index (χ2n) is 6.60. The van der Waals surface area contributed by atoms with Crippen LogP contribution in [-0.4, -0.2) is 52.7 Å². The van der Waals surface area contributed by atoms with Gasteiger partial charge >= 0.3 is 0 Å². The predicted octanol–water partition coefficient (Wildman–Crippen LogP) is 2.49. The molecule has 0 aliphatic heterocycles. The van der Waals surface area contributed by atoms with Gasteiger partial charge in [0.05, 0.1) is 23.0 Å². The molecule has 0 atom stereocenters. The highest BCUT2D eigenvalue weighted by Crippen LogP contribution is 2.24. The molecule has 0 unspecified atom stereocenters. The molecule has 11 heteroatoms. The Hall–Kier alpha value is -3.02. The van der Waals surface area contributed by atoms with E-state index in [1.165, 1.54) is 43.3 Å². The number of methoxy groups -OCH3 is 1. The number of nitro benzene ring substituents is 1. The van der Waals surface area contributed by atoms with E-state index < -0.39 is 14.9 Å². The molecule has 1 amide bonds. The number of benzene rings is 2. The van der Waals surface area contributed by atoms with Crippen LogP contribution in [-0.2, 0) is 19.5 Å². The van der Waals surface area contributed by atoms with Crippen molar-refractivity contribution in [1.29, 1.82) is 0 Å². The molecule has 0 heterocycles. The summed E-state index contributed by atoms with van der Waals surface area (Å²) in [5.74, 6) is -0.291. The average molecular weight is 452 g/mol. The first-order valence-corrected chi connectivity index (χ1v) is 11.0. The number of amides is 1. The van der Waals surface area contributed by atoms with E-state index >= 15 is 0 Å². The van der Waals surface area contributed by atoms with Crippen LogP contribution < -0.4 is 10.0 Å². The SMILES string of the molecule is COCCOCCCNC(=O)c1ccc(NS(=O)(=O)c2ccc(C)c([N+](=O)[O-])c2)cc1. The molecule has 2 aromatic carbocycles. The number of rotatable bonds is 12. The zero-order valence-corrected chi connectivity index (χ0v) is 18.1. The van der Waals surface area contributed by atoms with Crippen LogP contribution in [0.1, 0.15) is 22.3 Å². The quantitative estimate of drug-likeness (QED) is 0.287. The third-order valence-electron chi connectivity index (χ3n) is 4.27. The van der Waals surface area contributed by atoms with Crippen molar-refractivity contribution in [2.75, 3.05) is 38.2 Å². The van der Waals surface area contributed by atoms with Crippen molar-refractivity contribution in [3.8, 4) is 0 Å². The number of anilines is 1. The zero-order valence-electron chi connectivity index (χ0n) is 17.3. The van der Waals surface area contributed by atoms with E-state index in [-0.39, 0.29) is 22.2 Å². The van der Waals surface area contributed by atoms with E-state index in [1.54, 1.807) is 7.11 Å². The van der Waals surface area contributed by atoms with Crippen molar-refractivity contribution < 1.29 is 27.6 Å². The topological polar surface area (TPSA) is 137 Å². The lowest BCUT2D eigenvalue weighted by Gasteiger charge is -2.10. The summed E-state index contributed by atoms with van der Waals surface area (Å²) in [4.78, 5) is 22.4. The maximum Gasteiger partial charge on any atom is 0.273 e. The van der Waals surface area contributed by atoms with Gasteiger partial charge in [0.1, 0.15) is 0 Å². The van der Waals surface area contributed by atoms with Gasteiger partial charge in [0.25, 0.3) is 21.6 Å². The Bertz CT molecular complexity index is 1010. The van der Waals surface area contributed by atoms with E-state index in [0.717, 1.165) is 6.07 Å². The smallest absolute Gasteiger partial charge is 0.273 e. The van der Waals surface area contributed by atoms with Crippen LogP contribution in [0.2, 0.25) is 0 Å². The molecule has 0 radical (unpaired) electrons. The molecule has 0 aliphatic rings. The lowest BCUT2D eigenvalue weighted by atomic mass is 10.2. The molecule has 0 fully saturated rings. The van der Waals surface area contributed by atoms with E-state index in [2.05, 4.69) is 10.0 Å². The van der Waals surface area contributed by atoms with Gasteiger partial charge in [0, 0.05) is 43.1 Å². The zero-order chi connectivity index (χ0) is 22.9. The minimum absolute atomic E-state index is 0.223. The first-order valence-electron chi connectivity index (χ1n) is 9.47. The maximum atomic E-state index is 12.5. The number of carbonyl (C=O) groups excluding carboxylic acids is 1. The average Bonchev–Trinajstić information content (AvgIpc) is 2.73. The normalized spacial score (nSPS) is 11.2. The third kappa shape index (κ3) is 7.31. The minimum atomic E-state index is -4.02. The van der Waals surface area contributed by atoms with Crippen molar-refractivity contribution in [1.82, 2.24) is 5.32 Å². The summed E-state index contributed by atoms with van der Waals surface area (Å²) >= 11 is 0. The van der Waals surface area contributed by atoms with Crippen molar-refractivity contribution in [3.05, 3.63) is 63.7 Å². The van der Waals surface area contributed by atoms with E-state index in [4.69, 9.17) is 9.47 Å². The summed E-state index contributed by atoms with van der Waals surface area (Å²) in [6.45, 7) is 3.48. The molecule has 2 rings (SSSR count). The van der Waals surface area contributed by atoms with Gasteiger partial charge in [0.2, 0.25) is 0 Å². The Balaban J connectivity index is 1.93. The third-order valence-corrected chi connectivity index (χ3v) is 5.65. The number of hydrogen-bond acceptors (Lipinski definition) is 7. The second-order valence-corrected chi connectivity index (χ2v) is 8.29. The van der Waals surface area contributed by atoms with Crippen molar-refractivity contribution in [2.45, 2.75) is 18.2 Å². The molecular formula is C20H25N3O7S. The Morgan fingerprint density at radius 1 is 1.10 bits per heavy atom. The Kier molecular flexibility index (Phi) is 8.91.